The van der Waals surface area contributed by atoms with Gasteiger partial charge in [-0.1, -0.05) is 11.2 Å². The zero-order valence-electron chi connectivity index (χ0n) is 10.7. The number of aryl methyl sites for hydroxylation is 1. The minimum Gasteiger partial charge on any atom is -0.337 e. The number of non-ortho nitro benzene ring substituents is 1. The largest absolute Gasteiger partial charge is 0.337 e. The topological polar surface area (TPSA) is 108 Å². The van der Waals surface area contributed by atoms with Crippen LogP contribution < -0.4 is 5.73 Å². The van der Waals surface area contributed by atoms with Crippen molar-refractivity contribution in [2.45, 2.75) is 19.4 Å². The first-order chi connectivity index (χ1) is 9.52. The van der Waals surface area contributed by atoms with Gasteiger partial charge < -0.3 is 10.3 Å². The summed E-state index contributed by atoms with van der Waals surface area (Å²) in [5.41, 5.74) is 7.06. The molecule has 0 amide bonds. The van der Waals surface area contributed by atoms with E-state index in [2.05, 4.69) is 16.1 Å². The average Bonchev–Trinajstić information content (AvgIpc) is 2.88. The third kappa shape index (κ3) is 2.65. The molecule has 1 atom stereocenters. The Kier molecular flexibility index (Phi) is 3.77. The van der Waals surface area contributed by atoms with Crippen molar-refractivity contribution in [1.29, 1.82) is 0 Å². The molecular weight excluding hydrogens is 260 g/mol. The number of nitro groups is 1. The smallest absolute Gasteiger partial charge is 0.270 e. The Morgan fingerprint density at radius 3 is 3.00 bits per heavy atom. The number of terminal acetylenes is 1. The maximum Gasteiger partial charge on any atom is 0.270 e. The summed E-state index contributed by atoms with van der Waals surface area (Å²) < 4.78 is 5.04. The molecule has 0 aliphatic rings. The molecule has 20 heavy (non-hydrogen) atoms. The second-order valence-corrected chi connectivity index (χ2v) is 4.23. The molecule has 0 aliphatic carbocycles. The Bertz CT molecular complexity index is 687. The zero-order chi connectivity index (χ0) is 14.7. The molecule has 0 fully saturated rings. The highest BCUT2D eigenvalue weighted by molar-refractivity contribution is 5.63. The minimum atomic E-state index is -0.541. The van der Waals surface area contributed by atoms with Gasteiger partial charge in [-0.25, -0.2) is 0 Å². The SMILES string of the molecule is C#CCC(N)c1nc(-c2cc([N+](=O)[O-])ccc2C)no1. The van der Waals surface area contributed by atoms with Crippen molar-refractivity contribution >= 4 is 5.69 Å². The van der Waals surface area contributed by atoms with Crippen molar-refractivity contribution in [3.63, 3.8) is 0 Å². The van der Waals surface area contributed by atoms with Crippen molar-refractivity contribution < 1.29 is 9.45 Å². The number of nitro benzene ring substituents is 1. The van der Waals surface area contributed by atoms with Crippen molar-refractivity contribution in [2.24, 2.45) is 5.73 Å². The van der Waals surface area contributed by atoms with E-state index in [1.165, 1.54) is 12.1 Å². The van der Waals surface area contributed by atoms with Gasteiger partial charge in [0.1, 0.15) is 0 Å². The van der Waals surface area contributed by atoms with Crippen LogP contribution in [0.1, 0.15) is 23.9 Å². The fourth-order valence-corrected chi connectivity index (χ4v) is 1.67. The first-order valence-corrected chi connectivity index (χ1v) is 5.81. The summed E-state index contributed by atoms with van der Waals surface area (Å²) in [6.45, 7) is 1.80. The molecule has 7 heteroatoms. The molecular formula is C13H12N4O3. The van der Waals surface area contributed by atoms with E-state index in [1.807, 2.05) is 0 Å². The van der Waals surface area contributed by atoms with Gasteiger partial charge in [-0.15, -0.1) is 12.3 Å². The molecule has 1 unspecified atom stereocenters. The summed E-state index contributed by atoms with van der Waals surface area (Å²) in [7, 11) is 0. The van der Waals surface area contributed by atoms with Gasteiger partial charge in [0.15, 0.2) is 0 Å². The standard InChI is InChI=1S/C13H12N4O3/c1-3-4-11(14)13-15-12(16-20-13)10-7-9(17(18)19)6-5-8(10)2/h1,5-7,11H,4,14H2,2H3. The fraction of sp³-hybridized carbons (Fsp3) is 0.231. The van der Waals surface area contributed by atoms with Crippen LogP contribution in [0, 0.1) is 29.4 Å². The number of nitrogens with two attached hydrogens (primary N) is 1. The van der Waals surface area contributed by atoms with E-state index in [9.17, 15) is 10.1 Å². The van der Waals surface area contributed by atoms with Gasteiger partial charge in [0.05, 0.1) is 11.0 Å². The quantitative estimate of drug-likeness (QED) is 0.518. The third-order valence-corrected chi connectivity index (χ3v) is 2.77. The van der Waals surface area contributed by atoms with Crippen LogP contribution >= 0.6 is 0 Å². The molecule has 0 aliphatic heterocycles. The first-order valence-electron chi connectivity index (χ1n) is 5.81. The highest BCUT2D eigenvalue weighted by Crippen LogP contribution is 2.26. The van der Waals surface area contributed by atoms with Crippen LogP contribution in [0.2, 0.25) is 0 Å². The van der Waals surface area contributed by atoms with Gasteiger partial charge in [0, 0.05) is 24.1 Å². The zero-order valence-corrected chi connectivity index (χ0v) is 10.7. The molecule has 2 N–H and O–H groups in total. The van der Waals surface area contributed by atoms with Crippen molar-refractivity contribution in [3.8, 4) is 23.7 Å². The lowest BCUT2D eigenvalue weighted by atomic mass is 10.1. The number of benzene rings is 1. The van der Waals surface area contributed by atoms with E-state index in [1.54, 1.807) is 13.0 Å². The fourth-order valence-electron chi connectivity index (χ4n) is 1.67. The van der Waals surface area contributed by atoms with Crippen LogP contribution in [0.5, 0.6) is 0 Å². The first kappa shape index (κ1) is 13.7. The molecule has 1 aromatic heterocycles. The van der Waals surface area contributed by atoms with Crippen LogP contribution in [-0.2, 0) is 0 Å². The van der Waals surface area contributed by atoms with E-state index in [0.29, 0.717) is 5.56 Å². The molecule has 1 aromatic carbocycles. The maximum atomic E-state index is 10.8. The van der Waals surface area contributed by atoms with Crippen molar-refractivity contribution in [1.82, 2.24) is 10.1 Å². The molecule has 0 saturated heterocycles. The molecule has 1 heterocycles. The second kappa shape index (κ2) is 5.50. The van der Waals surface area contributed by atoms with E-state index in [0.717, 1.165) is 5.56 Å². The number of nitrogens with zero attached hydrogens (tertiary/aromatic N) is 3. The summed E-state index contributed by atoms with van der Waals surface area (Å²) in [5, 5.41) is 14.6. The highest BCUT2D eigenvalue weighted by atomic mass is 16.6. The summed E-state index contributed by atoms with van der Waals surface area (Å²) in [6, 6.07) is 3.91. The number of hydrogen-bond donors (Lipinski definition) is 1. The van der Waals surface area contributed by atoms with Gasteiger partial charge in [-0.3, -0.25) is 10.1 Å². The lowest BCUT2D eigenvalue weighted by molar-refractivity contribution is -0.384. The monoisotopic (exact) mass is 272 g/mol. The minimum absolute atomic E-state index is 0.0372. The van der Waals surface area contributed by atoms with Crippen LogP contribution in [0.4, 0.5) is 5.69 Å². The van der Waals surface area contributed by atoms with Crippen LogP contribution in [0.15, 0.2) is 22.7 Å². The molecule has 2 rings (SSSR count). The highest BCUT2D eigenvalue weighted by Gasteiger charge is 2.18. The van der Waals surface area contributed by atoms with Crippen molar-refractivity contribution in [2.75, 3.05) is 0 Å². The van der Waals surface area contributed by atoms with Gasteiger partial charge in [-0.2, -0.15) is 4.98 Å². The van der Waals surface area contributed by atoms with E-state index in [-0.39, 0.29) is 23.8 Å². The Labute approximate surface area is 114 Å². The number of rotatable bonds is 4. The van der Waals surface area contributed by atoms with Gasteiger partial charge in [-0.05, 0) is 12.5 Å². The summed E-state index contributed by atoms with van der Waals surface area (Å²) in [6.07, 6.45) is 5.44. The molecule has 0 radical (unpaired) electrons. The van der Waals surface area contributed by atoms with E-state index in [4.69, 9.17) is 16.7 Å². The lowest BCUT2D eigenvalue weighted by Gasteiger charge is -2.01. The normalized spacial score (nSPS) is 11.8. The third-order valence-electron chi connectivity index (χ3n) is 2.77. The predicted molar refractivity (Wildman–Crippen MR) is 71.5 cm³/mol. The van der Waals surface area contributed by atoms with Crippen LogP contribution in [0.25, 0.3) is 11.4 Å². The molecule has 2 aromatic rings. The Morgan fingerprint density at radius 1 is 1.60 bits per heavy atom. The lowest BCUT2D eigenvalue weighted by Crippen LogP contribution is -2.09. The van der Waals surface area contributed by atoms with E-state index < -0.39 is 11.0 Å². The second-order valence-electron chi connectivity index (χ2n) is 4.23. The molecule has 0 bridgehead atoms. The average molecular weight is 272 g/mol. The molecule has 102 valence electrons. The van der Waals surface area contributed by atoms with Gasteiger partial charge in [0.2, 0.25) is 11.7 Å². The molecule has 0 spiro atoms. The Morgan fingerprint density at radius 2 is 2.35 bits per heavy atom. The summed E-state index contributed by atoms with van der Waals surface area (Å²) >= 11 is 0. The van der Waals surface area contributed by atoms with Crippen molar-refractivity contribution in [3.05, 3.63) is 39.8 Å². The number of aromatic nitrogens is 2. The predicted octanol–water partition coefficient (Wildman–Crippen LogP) is 1.98. The summed E-state index contributed by atoms with van der Waals surface area (Å²) in [5.74, 6) is 2.88. The van der Waals surface area contributed by atoms with Gasteiger partial charge >= 0.3 is 0 Å². The Hall–Kier alpha value is -2.72. The van der Waals surface area contributed by atoms with Crippen LogP contribution in [-0.4, -0.2) is 15.1 Å². The molecule has 0 saturated carbocycles. The van der Waals surface area contributed by atoms with Crippen LogP contribution in [0.3, 0.4) is 0 Å². The van der Waals surface area contributed by atoms with E-state index >= 15 is 0 Å². The van der Waals surface area contributed by atoms with Gasteiger partial charge in [0.25, 0.3) is 5.69 Å². The molecule has 7 nitrogen and oxygen atoms in total. The summed E-state index contributed by atoms with van der Waals surface area (Å²) in [4.78, 5) is 14.5. The number of hydrogen-bond acceptors (Lipinski definition) is 6. The maximum absolute atomic E-state index is 10.8. The Balaban J connectivity index is 2.39.